The van der Waals surface area contributed by atoms with Crippen LogP contribution in [-0.4, -0.2) is 18.4 Å². The molecule has 1 unspecified atom stereocenters. The quantitative estimate of drug-likeness (QED) is 0.584. The molecule has 0 bridgehead atoms. The van der Waals surface area contributed by atoms with Crippen LogP contribution >= 0.6 is 0 Å². The van der Waals surface area contributed by atoms with Crippen molar-refractivity contribution in [2.24, 2.45) is 0 Å². The first-order valence-electron chi connectivity index (χ1n) is 3.65. The summed E-state index contributed by atoms with van der Waals surface area (Å²) in [5.74, 6) is 0.216. The zero-order chi connectivity index (χ0) is 7.56. The molecule has 1 rings (SSSR count). The maximum absolute atomic E-state index is 10.8. The van der Waals surface area contributed by atoms with Crippen LogP contribution in [0.25, 0.3) is 0 Å². The van der Waals surface area contributed by atoms with E-state index >= 15 is 0 Å². The van der Waals surface area contributed by atoms with Gasteiger partial charge in [-0.25, -0.2) is 0 Å². The molecule has 0 saturated heterocycles. The van der Waals surface area contributed by atoms with Crippen molar-refractivity contribution < 1.29 is 4.79 Å². The third-order valence-corrected chi connectivity index (χ3v) is 1.76. The summed E-state index contributed by atoms with van der Waals surface area (Å²) in [6.45, 7) is 4.62. The number of carbonyl (C=O) groups excluding carboxylic acids is 1. The molecular weight excluding hydrogens is 126 g/mol. The second-order valence-electron chi connectivity index (χ2n) is 2.74. The van der Waals surface area contributed by atoms with E-state index in [4.69, 9.17) is 0 Å². The minimum Gasteiger partial charge on any atom is -0.310 e. The number of rotatable bonds is 1. The zero-order valence-electron chi connectivity index (χ0n) is 6.48. The smallest absolute Gasteiger partial charge is 0.155 e. The summed E-state index contributed by atoms with van der Waals surface area (Å²) >= 11 is 0. The molecule has 1 atom stereocenters. The highest BCUT2D eigenvalue weighted by Gasteiger charge is 2.10. The van der Waals surface area contributed by atoms with Gasteiger partial charge < -0.3 is 5.32 Å². The zero-order valence-corrected chi connectivity index (χ0v) is 6.48. The van der Waals surface area contributed by atoms with Crippen molar-refractivity contribution in [2.75, 3.05) is 6.54 Å². The van der Waals surface area contributed by atoms with Gasteiger partial charge in [-0.15, -0.1) is 0 Å². The summed E-state index contributed by atoms with van der Waals surface area (Å²) in [6.07, 6.45) is 2.89. The molecule has 1 heterocycles. The Morgan fingerprint density at radius 1 is 1.80 bits per heavy atom. The fraction of sp³-hybridized carbons (Fsp3) is 0.625. The van der Waals surface area contributed by atoms with E-state index in [1.807, 2.05) is 6.08 Å². The average Bonchev–Trinajstić information content (AvgIpc) is 1.88. The van der Waals surface area contributed by atoms with Gasteiger partial charge in [0.1, 0.15) is 0 Å². The standard InChI is InChI=1S/C8H13NO/c1-6-5-8(7(2)10)3-4-9-6/h5-6,9H,3-4H2,1-2H3. The fourth-order valence-electron chi connectivity index (χ4n) is 1.17. The van der Waals surface area contributed by atoms with Crippen LogP contribution in [-0.2, 0) is 4.79 Å². The molecule has 0 fully saturated rings. The number of hydrogen-bond donors (Lipinski definition) is 1. The predicted octanol–water partition coefficient (Wildman–Crippen LogP) is 0.884. The normalized spacial score (nSPS) is 25.8. The lowest BCUT2D eigenvalue weighted by atomic mass is 10.0. The van der Waals surface area contributed by atoms with Gasteiger partial charge in [0.2, 0.25) is 0 Å². The van der Waals surface area contributed by atoms with E-state index in [0.29, 0.717) is 6.04 Å². The largest absolute Gasteiger partial charge is 0.310 e. The van der Waals surface area contributed by atoms with E-state index in [0.717, 1.165) is 18.5 Å². The molecule has 1 aliphatic rings. The third-order valence-electron chi connectivity index (χ3n) is 1.76. The van der Waals surface area contributed by atoms with Crippen molar-refractivity contribution in [3.63, 3.8) is 0 Å². The van der Waals surface area contributed by atoms with Crippen LogP contribution in [0.5, 0.6) is 0 Å². The van der Waals surface area contributed by atoms with Crippen LogP contribution in [0.3, 0.4) is 0 Å². The van der Waals surface area contributed by atoms with Crippen LogP contribution in [0, 0.1) is 0 Å². The molecule has 0 aromatic rings. The summed E-state index contributed by atoms with van der Waals surface area (Å²) in [4.78, 5) is 10.8. The molecule has 0 aromatic carbocycles. The summed E-state index contributed by atoms with van der Waals surface area (Å²) in [7, 11) is 0. The highest BCUT2D eigenvalue weighted by molar-refractivity contribution is 5.93. The summed E-state index contributed by atoms with van der Waals surface area (Å²) in [6, 6.07) is 0.368. The van der Waals surface area contributed by atoms with Crippen molar-refractivity contribution in [1.29, 1.82) is 0 Å². The minimum atomic E-state index is 0.216. The van der Waals surface area contributed by atoms with Crippen LogP contribution in [0.15, 0.2) is 11.6 Å². The van der Waals surface area contributed by atoms with Gasteiger partial charge in [0.25, 0.3) is 0 Å². The molecule has 1 aliphatic heterocycles. The molecule has 0 radical (unpaired) electrons. The first-order chi connectivity index (χ1) is 4.70. The van der Waals surface area contributed by atoms with Gasteiger partial charge in [-0.3, -0.25) is 4.79 Å². The van der Waals surface area contributed by atoms with Gasteiger partial charge >= 0.3 is 0 Å². The number of nitrogens with one attached hydrogen (secondary N) is 1. The molecule has 56 valence electrons. The van der Waals surface area contributed by atoms with Crippen molar-refractivity contribution >= 4 is 5.78 Å². The average molecular weight is 139 g/mol. The Labute approximate surface area is 61.3 Å². The van der Waals surface area contributed by atoms with Crippen LogP contribution < -0.4 is 5.32 Å². The molecule has 0 amide bonds. The third kappa shape index (κ3) is 1.67. The van der Waals surface area contributed by atoms with E-state index < -0.39 is 0 Å². The van der Waals surface area contributed by atoms with Gasteiger partial charge in [-0.05, 0) is 32.4 Å². The molecule has 0 aromatic heterocycles. The topological polar surface area (TPSA) is 29.1 Å². The van der Waals surface area contributed by atoms with Crippen molar-refractivity contribution in [3.8, 4) is 0 Å². The Kier molecular flexibility index (Phi) is 2.22. The second-order valence-corrected chi connectivity index (χ2v) is 2.74. The molecule has 2 heteroatoms. The number of ketones is 1. The number of carbonyl (C=O) groups is 1. The van der Waals surface area contributed by atoms with E-state index in [1.165, 1.54) is 0 Å². The maximum Gasteiger partial charge on any atom is 0.155 e. The van der Waals surface area contributed by atoms with Gasteiger partial charge in [0.05, 0.1) is 0 Å². The molecule has 1 N–H and O–H groups in total. The minimum absolute atomic E-state index is 0.216. The molecule has 10 heavy (non-hydrogen) atoms. The monoisotopic (exact) mass is 139 g/mol. The predicted molar refractivity (Wildman–Crippen MR) is 40.8 cm³/mol. The van der Waals surface area contributed by atoms with Gasteiger partial charge in [0.15, 0.2) is 5.78 Å². The van der Waals surface area contributed by atoms with Crippen LogP contribution in [0.4, 0.5) is 0 Å². The number of hydrogen-bond acceptors (Lipinski definition) is 2. The summed E-state index contributed by atoms with van der Waals surface area (Å²) in [5, 5.41) is 3.24. The van der Waals surface area contributed by atoms with E-state index in [-0.39, 0.29) is 5.78 Å². The molecule has 0 saturated carbocycles. The van der Waals surface area contributed by atoms with E-state index in [9.17, 15) is 4.79 Å². The Hall–Kier alpha value is -0.630. The lowest BCUT2D eigenvalue weighted by Crippen LogP contribution is -2.30. The Morgan fingerprint density at radius 2 is 2.50 bits per heavy atom. The SMILES string of the molecule is CC(=O)C1=CC(C)NCC1. The van der Waals surface area contributed by atoms with Gasteiger partial charge in [0, 0.05) is 6.04 Å². The highest BCUT2D eigenvalue weighted by atomic mass is 16.1. The van der Waals surface area contributed by atoms with Crippen LogP contribution in [0.1, 0.15) is 20.3 Å². The molecule has 0 spiro atoms. The Balaban J connectivity index is 2.66. The lowest BCUT2D eigenvalue weighted by Gasteiger charge is -2.17. The molecule has 2 nitrogen and oxygen atoms in total. The molecular formula is C8H13NO. The lowest BCUT2D eigenvalue weighted by molar-refractivity contribution is -0.113. The molecule has 0 aliphatic carbocycles. The van der Waals surface area contributed by atoms with Crippen LogP contribution in [0.2, 0.25) is 0 Å². The van der Waals surface area contributed by atoms with Gasteiger partial charge in [-0.2, -0.15) is 0 Å². The van der Waals surface area contributed by atoms with Crippen molar-refractivity contribution in [3.05, 3.63) is 11.6 Å². The Bertz CT molecular complexity index is 172. The van der Waals surface area contributed by atoms with Crippen molar-refractivity contribution in [2.45, 2.75) is 26.3 Å². The maximum atomic E-state index is 10.8. The second kappa shape index (κ2) is 2.97. The highest BCUT2D eigenvalue weighted by Crippen LogP contribution is 2.08. The fourth-order valence-corrected chi connectivity index (χ4v) is 1.17. The first kappa shape index (κ1) is 7.48. The summed E-state index contributed by atoms with van der Waals surface area (Å²) in [5.41, 5.74) is 0.978. The number of Topliss-reactive ketones (excluding diaryl/α,β-unsaturated/α-hetero) is 1. The van der Waals surface area contributed by atoms with E-state index in [1.54, 1.807) is 6.92 Å². The first-order valence-corrected chi connectivity index (χ1v) is 3.65. The summed E-state index contributed by atoms with van der Waals surface area (Å²) < 4.78 is 0. The Morgan fingerprint density at radius 3 is 2.90 bits per heavy atom. The van der Waals surface area contributed by atoms with Crippen molar-refractivity contribution in [1.82, 2.24) is 5.32 Å². The van der Waals surface area contributed by atoms with Gasteiger partial charge in [-0.1, -0.05) is 6.08 Å². The van der Waals surface area contributed by atoms with E-state index in [2.05, 4.69) is 12.2 Å².